The van der Waals surface area contributed by atoms with Crippen molar-refractivity contribution in [2.45, 2.75) is 236 Å². The molecule has 22 N–H and O–H groups in total. The maximum absolute atomic E-state index is 13.0. The standard InChI is InChI=1S/C46H78N2O35/c1-10-21(57)27(63)31(67)43(71-10)83-39-38(82-45-33(69)37(24(60)15(6-51)75-45)81-41-19(47-11(2)55)26(62)22(58)13(4-49)73-41)25(61)16(7-52)76-46(39)80-36-20(48-12(3)56)42(74-14(5-50)23(36)59)78-35-18(9-54)77-44(32(68)29(35)65)79-34-17(8-53)72-40(70)30(66)28(34)64/h10,13-46,49-54,57-70H,4-9H2,1-3H3,(H,47,55)(H,48,56)/t10-,13+,14+,15+,16+,17+,18+,19+,20+,21+,22-,23-,24-,25-,26+,27+,28+,29+,30+,31-,32+,33+,34+,35-,36+,37-,38-,39+,40+,41-,42-,43-,44-,45+,46-/m0/s1. The molecule has 2 amide bonds. The van der Waals surface area contributed by atoms with Gasteiger partial charge < -0.3 is 174 Å². The van der Waals surface area contributed by atoms with Gasteiger partial charge in [0.25, 0.3) is 0 Å². The molecule has 0 aromatic carbocycles. The molecule has 0 radical (unpaired) electrons. The van der Waals surface area contributed by atoms with Gasteiger partial charge in [-0.3, -0.25) is 9.59 Å². The first-order valence-corrected chi connectivity index (χ1v) is 26.5. The van der Waals surface area contributed by atoms with Crippen LogP contribution in [0, 0.1) is 0 Å². The molecule has 482 valence electrons. The summed E-state index contributed by atoms with van der Waals surface area (Å²) in [6.45, 7) is -2.97. The minimum Gasteiger partial charge on any atom is -0.394 e. The summed E-state index contributed by atoms with van der Waals surface area (Å²) in [5.41, 5.74) is 0. The Bertz CT molecular complexity index is 2040. The van der Waals surface area contributed by atoms with Gasteiger partial charge in [0, 0.05) is 13.8 Å². The molecular weight excluding hydrogens is 1140 g/mol. The van der Waals surface area contributed by atoms with Crippen LogP contribution in [0.3, 0.4) is 0 Å². The molecule has 7 rings (SSSR count). The van der Waals surface area contributed by atoms with E-state index in [1.165, 1.54) is 6.92 Å². The van der Waals surface area contributed by atoms with Crippen LogP contribution >= 0.6 is 0 Å². The molecular formula is C46H78N2O35. The SMILES string of the molecule is CC(=O)N[C@H]1[C@H](O[C@H]2[C@@H](O)[C@@H](CO)O[C@H](O[C@H]3[C@@H](O)[C@@H](CO)O[C@@H](O[C@H]4[C@@H](O)[C@@H](CO)O[C@@H](O[C@@H]5[C@H](O)[C@@H](O)[C@H](O[C@H]6[C@H](O)[C@@H](O)[C@H](O)O[C@@H]6CO)O[C@@H]5CO)[C@@H]4NC(C)=O)[C@@H]3O[C@@H]3O[C@@H](C)[C@@H](O)[C@@H](O)[C@@H]3O)[C@@H]2O)O[C@H](CO)[C@H](O)[C@@H]1O. The van der Waals surface area contributed by atoms with Gasteiger partial charge in [-0.05, 0) is 6.92 Å². The monoisotopic (exact) mass is 1220 g/mol. The molecule has 0 unspecified atom stereocenters. The first kappa shape index (κ1) is 68.1. The second-order valence-corrected chi connectivity index (χ2v) is 21.0. The van der Waals surface area contributed by atoms with Crippen molar-refractivity contribution in [3.63, 3.8) is 0 Å². The van der Waals surface area contributed by atoms with Crippen LogP contribution in [0.25, 0.3) is 0 Å². The lowest BCUT2D eigenvalue weighted by Gasteiger charge is -2.52. The van der Waals surface area contributed by atoms with Crippen LogP contribution in [-0.4, -0.2) is 368 Å². The van der Waals surface area contributed by atoms with E-state index in [0.29, 0.717) is 0 Å². The molecule has 0 bridgehead atoms. The van der Waals surface area contributed by atoms with E-state index in [1.54, 1.807) is 0 Å². The molecule has 0 saturated carbocycles. The van der Waals surface area contributed by atoms with Crippen molar-refractivity contribution in [3.05, 3.63) is 0 Å². The van der Waals surface area contributed by atoms with E-state index in [-0.39, 0.29) is 0 Å². The van der Waals surface area contributed by atoms with Crippen LogP contribution in [0.1, 0.15) is 20.8 Å². The van der Waals surface area contributed by atoms with Crippen molar-refractivity contribution in [2.24, 2.45) is 0 Å². The highest BCUT2D eigenvalue weighted by molar-refractivity contribution is 5.73. The zero-order valence-corrected chi connectivity index (χ0v) is 44.5. The summed E-state index contributed by atoms with van der Waals surface area (Å²) in [5, 5.41) is 222. The number of aliphatic hydroxyl groups excluding tert-OH is 20. The van der Waals surface area contributed by atoms with Gasteiger partial charge in [-0.2, -0.15) is 0 Å². The summed E-state index contributed by atoms with van der Waals surface area (Å²) in [6.07, 6.45) is -65.0. The number of carbonyl (C=O) groups excluding carboxylic acids is 2. The van der Waals surface area contributed by atoms with E-state index in [2.05, 4.69) is 10.6 Å². The van der Waals surface area contributed by atoms with Gasteiger partial charge in [0.05, 0.1) is 45.7 Å². The van der Waals surface area contributed by atoms with E-state index >= 15 is 0 Å². The van der Waals surface area contributed by atoms with E-state index in [9.17, 15) is 112 Å². The number of carbonyl (C=O) groups is 2. The van der Waals surface area contributed by atoms with Crippen molar-refractivity contribution in [1.29, 1.82) is 0 Å². The Morgan fingerprint density at radius 2 is 0.675 bits per heavy atom. The molecule has 7 saturated heterocycles. The van der Waals surface area contributed by atoms with Crippen molar-refractivity contribution in [3.8, 4) is 0 Å². The van der Waals surface area contributed by atoms with Crippen LogP contribution in [0.5, 0.6) is 0 Å². The summed E-state index contributed by atoms with van der Waals surface area (Å²) >= 11 is 0. The van der Waals surface area contributed by atoms with Gasteiger partial charge >= 0.3 is 0 Å². The normalized spacial score (nSPS) is 50.8. The van der Waals surface area contributed by atoms with Crippen molar-refractivity contribution in [1.82, 2.24) is 10.6 Å². The Labute approximate surface area is 470 Å². The van der Waals surface area contributed by atoms with E-state index in [1.807, 2.05) is 0 Å². The van der Waals surface area contributed by atoms with E-state index < -0.39 is 266 Å². The number of amides is 2. The number of hydrogen-bond acceptors (Lipinski definition) is 35. The minimum absolute atomic E-state index is 0.792. The third-order valence-electron chi connectivity index (χ3n) is 15.3. The highest BCUT2D eigenvalue weighted by Crippen LogP contribution is 2.39. The quantitative estimate of drug-likeness (QED) is 0.0538. The fourth-order valence-corrected chi connectivity index (χ4v) is 10.7. The van der Waals surface area contributed by atoms with Crippen molar-refractivity contribution < 1.29 is 173 Å². The summed E-state index contributed by atoms with van der Waals surface area (Å²) in [4.78, 5) is 25.3. The molecule has 0 spiro atoms. The maximum atomic E-state index is 13.0. The Morgan fingerprint density at radius 1 is 0.313 bits per heavy atom. The molecule has 7 fully saturated rings. The predicted molar refractivity (Wildman–Crippen MR) is 254 cm³/mol. The second-order valence-electron chi connectivity index (χ2n) is 21.0. The summed E-state index contributed by atoms with van der Waals surface area (Å²) in [7, 11) is 0. The Morgan fingerprint density at radius 3 is 1.23 bits per heavy atom. The van der Waals surface area contributed by atoms with Crippen molar-refractivity contribution in [2.75, 3.05) is 39.6 Å². The largest absolute Gasteiger partial charge is 0.394 e. The third-order valence-corrected chi connectivity index (χ3v) is 15.3. The fraction of sp³-hybridized carbons (Fsp3) is 0.957. The first-order chi connectivity index (χ1) is 39.2. The molecule has 35 atom stereocenters. The Hall–Kier alpha value is -2.38. The Balaban J connectivity index is 1.21. The van der Waals surface area contributed by atoms with Gasteiger partial charge in [0.1, 0.15) is 165 Å². The zero-order chi connectivity index (χ0) is 61.2. The lowest BCUT2D eigenvalue weighted by molar-refractivity contribution is -0.407. The Kier molecular flexibility index (Phi) is 24.0. The smallest absolute Gasteiger partial charge is 0.217 e. The molecule has 37 nitrogen and oxygen atoms in total. The first-order valence-electron chi connectivity index (χ1n) is 26.5. The van der Waals surface area contributed by atoms with Crippen molar-refractivity contribution >= 4 is 11.8 Å². The number of aliphatic hydroxyl groups is 20. The van der Waals surface area contributed by atoms with Gasteiger partial charge in [-0.25, -0.2) is 0 Å². The summed E-state index contributed by atoms with van der Waals surface area (Å²) in [5.74, 6) is -1.72. The van der Waals surface area contributed by atoms with Crippen LogP contribution in [-0.2, 0) is 71.2 Å². The maximum Gasteiger partial charge on any atom is 0.217 e. The van der Waals surface area contributed by atoms with Crippen LogP contribution in [0.15, 0.2) is 0 Å². The van der Waals surface area contributed by atoms with Gasteiger partial charge in [0.15, 0.2) is 44.0 Å². The van der Waals surface area contributed by atoms with E-state index in [4.69, 9.17) is 61.6 Å². The average molecular weight is 1220 g/mol. The van der Waals surface area contributed by atoms with Crippen LogP contribution in [0.2, 0.25) is 0 Å². The molecule has 0 aromatic heterocycles. The van der Waals surface area contributed by atoms with Gasteiger partial charge in [-0.1, -0.05) is 0 Å². The molecule has 0 aliphatic carbocycles. The number of hydrogen-bond donors (Lipinski definition) is 22. The molecule has 7 heterocycles. The topological polar surface area (TPSA) is 583 Å². The lowest BCUT2D eigenvalue weighted by Crippen LogP contribution is -2.71. The third kappa shape index (κ3) is 14.5. The zero-order valence-electron chi connectivity index (χ0n) is 44.5. The fourth-order valence-electron chi connectivity index (χ4n) is 10.7. The molecule has 7 aliphatic rings. The average Bonchev–Trinajstić information content (AvgIpc) is 3.40. The highest BCUT2D eigenvalue weighted by Gasteiger charge is 2.60. The van der Waals surface area contributed by atoms with Gasteiger partial charge in [-0.15, -0.1) is 0 Å². The second kappa shape index (κ2) is 29.3. The van der Waals surface area contributed by atoms with Gasteiger partial charge in [0.2, 0.25) is 11.8 Å². The summed E-state index contributed by atoms with van der Waals surface area (Å²) < 4.78 is 75.9. The molecule has 83 heavy (non-hydrogen) atoms. The molecule has 0 aromatic rings. The van der Waals surface area contributed by atoms with E-state index in [0.717, 1.165) is 13.8 Å². The minimum atomic E-state index is -2.30. The molecule has 37 heteroatoms. The van der Waals surface area contributed by atoms with Crippen LogP contribution < -0.4 is 10.6 Å². The summed E-state index contributed by atoms with van der Waals surface area (Å²) in [6, 6.07) is -3.55. The molecule has 7 aliphatic heterocycles. The predicted octanol–water partition coefficient (Wildman–Crippen LogP) is -15.0. The highest BCUT2D eigenvalue weighted by atomic mass is 16.8. The number of rotatable bonds is 20. The van der Waals surface area contributed by atoms with Crippen LogP contribution in [0.4, 0.5) is 0 Å². The number of nitrogens with one attached hydrogen (secondary N) is 2. The number of ether oxygens (including phenoxy) is 13. The lowest BCUT2D eigenvalue weighted by atomic mass is 9.93.